The van der Waals surface area contributed by atoms with Crippen molar-refractivity contribution in [1.82, 2.24) is 0 Å². The lowest BCUT2D eigenvalue weighted by Gasteiger charge is -2.14. The van der Waals surface area contributed by atoms with E-state index in [1.54, 1.807) is 66.7 Å². The normalized spacial score (nSPS) is 11.0. The van der Waals surface area contributed by atoms with E-state index in [1.807, 2.05) is 0 Å². The molecule has 0 radical (unpaired) electrons. The molecule has 0 aromatic heterocycles. The third-order valence-electron chi connectivity index (χ3n) is 5.28. The summed E-state index contributed by atoms with van der Waals surface area (Å²) in [4.78, 5) is 12.9. The van der Waals surface area contributed by atoms with Crippen LogP contribution in [0.25, 0.3) is 11.1 Å². The SMILES string of the molecule is N=C(N)c1ccc(Oc2ccccc2NC(=O)c2ccc(-c3ccccc3S(N)(=O)=O)cc2)c(O)c1. The number of benzene rings is 4. The van der Waals surface area contributed by atoms with Crippen molar-refractivity contribution < 1.29 is 23.1 Å². The lowest BCUT2D eigenvalue weighted by molar-refractivity contribution is 0.102. The summed E-state index contributed by atoms with van der Waals surface area (Å²) >= 11 is 0. The van der Waals surface area contributed by atoms with Gasteiger partial charge in [-0.1, -0.05) is 42.5 Å². The molecular formula is C26H22N4O5S. The number of rotatable bonds is 7. The quantitative estimate of drug-likeness (QED) is 0.189. The molecule has 0 aliphatic heterocycles. The number of nitrogens with one attached hydrogen (secondary N) is 2. The number of sulfonamides is 1. The molecule has 9 nitrogen and oxygen atoms in total. The molecule has 1 amide bonds. The number of nitrogen functional groups attached to an aromatic ring is 1. The lowest BCUT2D eigenvalue weighted by atomic mass is 10.0. The summed E-state index contributed by atoms with van der Waals surface area (Å²) in [6.45, 7) is 0. The van der Waals surface area contributed by atoms with Crippen molar-refractivity contribution in [1.29, 1.82) is 5.41 Å². The number of amides is 1. The molecule has 0 saturated carbocycles. The van der Waals surface area contributed by atoms with Gasteiger partial charge < -0.3 is 20.9 Å². The molecule has 7 N–H and O–H groups in total. The smallest absolute Gasteiger partial charge is 0.255 e. The maximum atomic E-state index is 12.9. The average molecular weight is 503 g/mol. The Bertz CT molecular complexity index is 1570. The predicted molar refractivity (Wildman–Crippen MR) is 137 cm³/mol. The summed E-state index contributed by atoms with van der Waals surface area (Å²) in [5.74, 6) is -0.411. The summed E-state index contributed by atoms with van der Waals surface area (Å²) < 4.78 is 29.6. The molecule has 4 aromatic rings. The molecule has 36 heavy (non-hydrogen) atoms. The van der Waals surface area contributed by atoms with Crippen molar-refractivity contribution in [3.05, 3.63) is 102 Å². The second-order valence-electron chi connectivity index (χ2n) is 7.77. The molecule has 0 heterocycles. The van der Waals surface area contributed by atoms with Crippen LogP contribution in [0, 0.1) is 5.41 Å². The van der Waals surface area contributed by atoms with Gasteiger partial charge in [-0.25, -0.2) is 13.6 Å². The number of phenolic OH excluding ortho intramolecular Hbond substituents is 1. The molecule has 0 aliphatic carbocycles. The number of para-hydroxylation sites is 2. The molecule has 182 valence electrons. The van der Waals surface area contributed by atoms with E-state index in [2.05, 4.69) is 5.32 Å². The van der Waals surface area contributed by atoms with E-state index >= 15 is 0 Å². The van der Waals surface area contributed by atoms with Crippen LogP contribution in [0.3, 0.4) is 0 Å². The molecule has 0 unspecified atom stereocenters. The minimum atomic E-state index is -3.92. The van der Waals surface area contributed by atoms with Crippen LogP contribution < -0.4 is 20.9 Å². The van der Waals surface area contributed by atoms with Crippen LogP contribution in [0.15, 0.2) is 95.9 Å². The number of carbonyl (C=O) groups excluding carboxylic acids is 1. The van der Waals surface area contributed by atoms with Crippen molar-refractivity contribution in [3.8, 4) is 28.4 Å². The highest BCUT2D eigenvalue weighted by atomic mass is 32.2. The van der Waals surface area contributed by atoms with Crippen LogP contribution in [-0.2, 0) is 10.0 Å². The van der Waals surface area contributed by atoms with Gasteiger partial charge >= 0.3 is 0 Å². The summed E-state index contributed by atoms with van der Waals surface area (Å²) in [7, 11) is -3.92. The highest BCUT2D eigenvalue weighted by molar-refractivity contribution is 7.89. The molecule has 0 bridgehead atoms. The van der Waals surface area contributed by atoms with E-state index in [0.29, 0.717) is 27.9 Å². The molecule has 0 saturated heterocycles. The fourth-order valence-electron chi connectivity index (χ4n) is 3.50. The van der Waals surface area contributed by atoms with Gasteiger partial charge in [0.1, 0.15) is 5.84 Å². The molecule has 0 fully saturated rings. The van der Waals surface area contributed by atoms with Crippen molar-refractivity contribution in [2.24, 2.45) is 10.9 Å². The van der Waals surface area contributed by atoms with Crippen LogP contribution >= 0.6 is 0 Å². The van der Waals surface area contributed by atoms with E-state index in [-0.39, 0.29) is 28.0 Å². The minimum absolute atomic E-state index is 0.00661. The first-order valence-corrected chi connectivity index (χ1v) is 12.2. The summed E-state index contributed by atoms with van der Waals surface area (Å²) in [6, 6.07) is 23.8. The summed E-state index contributed by atoms with van der Waals surface area (Å²) in [6.07, 6.45) is 0. The monoisotopic (exact) mass is 502 g/mol. The van der Waals surface area contributed by atoms with E-state index in [4.69, 9.17) is 21.0 Å². The first-order valence-electron chi connectivity index (χ1n) is 10.6. The van der Waals surface area contributed by atoms with Crippen LogP contribution in [0.4, 0.5) is 5.69 Å². The number of anilines is 1. The van der Waals surface area contributed by atoms with Crippen molar-refractivity contribution >= 4 is 27.5 Å². The van der Waals surface area contributed by atoms with Crippen molar-refractivity contribution in [2.45, 2.75) is 4.90 Å². The maximum absolute atomic E-state index is 12.9. The van der Waals surface area contributed by atoms with Crippen molar-refractivity contribution in [3.63, 3.8) is 0 Å². The van der Waals surface area contributed by atoms with E-state index in [9.17, 15) is 18.3 Å². The van der Waals surface area contributed by atoms with Gasteiger partial charge in [-0.2, -0.15) is 0 Å². The number of nitrogens with two attached hydrogens (primary N) is 2. The largest absolute Gasteiger partial charge is 0.504 e. The minimum Gasteiger partial charge on any atom is -0.504 e. The Morgan fingerprint density at radius 3 is 2.17 bits per heavy atom. The number of phenols is 1. The molecular weight excluding hydrogens is 480 g/mol. The number of hydrogen-bond donors (Lipinski definition) is 5. The van der Waals surface area contributed by atoms with Gasteiger partial charge in [-0.05, 0) is 54.1 Å². The van der Waals surface area contributed by atoms with Crippen LogP contribution in [-0.4, -0.2) is 25.3 Å². The van der Waals surface area contributed by atoms with Gasteiger partial charge in [0.25, 0.3) is 5.91 Å². The number of carbonyl (C=O) groups is 1. The fraction of sp³-hybridized carbons (Fsp3) is 0. The van der Waals surface area contributed by atoms with Crippen LogP contribution in [0.5, 0.6) is 17.2 Å². The summed E-state index contributed by atoms with van der Waals surface area (Å²) in [5, 5.41) is 25.8. The Hall–Kier alpha value is -4.67. The topological polar surface area (TPSA) is 169 Å². The zero-order chi connectivity index (χ0) is 25.9. The Kier molecular flexibility index (Phi) is 6.73. The third kappa shape index (κ3) is 5.35. The van der Waals surface area contributed by atoms with Crippen molar-refractivity contribution in [2.75, 3.05) is 5.32 Å². The zero-order valence-electron chi connectivity index (χ0n) is 18.8. The molecule has 0 atom stereocenters. The first-order chi connectivity index (χ1) is 17.1. The standard InChI is InChI=1S/C26H22N4O5S/c27-25(28)18-13-14-23(21(31)15-18)35-22-7-3-2-6-20(22)30-26(32)17-11-9-16(10-12-17)19-5-1-4-8-24(19)36(29,33)34/h1-15,31H,(H3,27,28)(H,30,32)(H2,29,33,34). The predicted octanol–water partition coefficient (Wildman–Crippen LogP) is 4.04. The number of ether oxygens (including phenoxy) is 1. The van der Waals surface area contributed by atoms with Gasteiger partial charge in [0.15, 0.2) is 17.2 Å². The second kappa shape index (κ2) is 9.90. The van der Waals surface area contributed by atoms with Crippen LogP contribution in [0.2, 0.25) is 0 Å². The van der Waals surface area contributed by atoms with Gasteiger partial charge in [0, 0.05) is 16.7 Å². The van der Waals surface area contributed by atoms with Gasteiger partial charge in [-0.15, -0.1) is 0 Å². The molecule has 0 aliphatic rings. The number of aromatic hydroxyl groups is 1. The zero-order valence-corrected chi connectivity index (χ0v) is 19.6. The average Bonchev–Trinajstić information content (AvgIpc) is 2.86. The first kappa shape index (κ1) is 24.5. The Morgan fingerprint density at radius 2 is 1.50 bits per heavy atom. The maximum Gasteiger partial charge on any atom is 0.255 e. The molecule has 10 heteroatoms. The fourth-order valence-corrected chi connectivity index (χ4v) is 4.26. The summed E-state index contributed by atoms with van der Waals surface area (Å²) in [5.41, 5.74) is 7.49. The van der Waals surface area contributed by atoms with Gasteiger partial charge in [-0.3, -0.25) is 10.2 Å². The molecule has 4 rings (SSSR count). The Balaban J connectivity index is 1.55. The molecule has 4 aromatic carbocycles. The van der Waals surface area contributed by atoms with E-state index in [1.165, 1.54) is 24.3 Å². The van der Waals surface area contributed by atoms with Crippen LogP contribution in [0.1, 0.15) is 15.9 Å². The number of amidine groups is 1. The van der Waals surface area contributed by atoms with E-state index < -0.39 is 15.9 Å². The second-order valence-corrected chi connectivity index (χ2v) is 9.30. The number of primary sulfonamides is 1. The van der Waals surface area contributed by atoms with Gasteiger partial charge in [0.2, 0.25) is 10.0 Å². The third-order valence-corrected chi connectivity index (χ3v) is 6.25. The Labute approximate surface area is 207 Å². The number of hydrogen-bond acceptors (Lipinski definition) is 6. The highest BCUT2D eigenvalue weighted by Crippen LogP contribution is 2.35. The molecule has 0 spiro atoms. The van der Waals surface area contributed by atoms with Gasteiger partial charge in [0.05, 0.1) is 10.6 Å². The Morgan fingerprint density at radius 1 is 0.861 bits per heavy atom. The van der Waals surface area contributed by atoms with E-state index in [0.717, 1.165) is 0 Å². The highest BCUT2D eigenvalue weighted by Gasteiger charge is 2.16. The lowest BCUT2D eigenvalue weighted by Crippen LogP contribution is -2.13.